The number of nitrogens with one attached hydrogen (secondary N) is 1. The van der Waals surface area contributed by atoms with Crippen molar-refractivity contribution in [2.24, 2.45) is 0 Å². The predicted molar refractivity (Wildman–Crippen MR) is 71.1 cm³/mol. The van der Waals surface area contributed by atoms with Crippen LogP contribution in [0.2, 0.25) is 0 Å². The molecule has 0 saturated carbocycles. The van der Waals surface area contributed by atoms with Crippen LogP contribution in [0, 0.1) is 13.8 Å². The summed E-state index contributed by atoms with van der Waals surface area (Å²) in [5.74, 6) is 0. The minimum absolute atomic E-state index is 0.353. The van der Waals surface area contributed by atoms with Gasteiger partial charge in [-0.05, 0) is 49.2 Å². The molecule has 0 unspecified atom stereocenters. The van der Waals surface area contributed by atoms with Crippen LogP contribution >= 0.6 is 0 Å². The fraction of sp³-hybridized carbons (Fsp3) is 0.143. The van der Waals surface area contributed by atoms with Crippen molar-refractivity contribution in [3.8, 4) is 0 Å². The molecule has 3 rings (SSSR count). The van der Waals surface area contributed by atoms with Crippen molar-refractivity contribution < 1.29 is 8.42 Å². The van der Waals surface area contributed by atoms with E-state index >= 15 is 0 Å². The lowest BCUT2D eigenvalue weighted by molar-refractivity contribution is 0.595. The second-order valence-electron chi connectivity index (χ2n) is 4.63. The van der Waals surface area contributed by atoms with Gasteiger partial charge in [-0.25, -0.2) is 8.42 Å². The Morgan fingerprint density at radius 2 is 1.50 bits per heavy atom. The number of benzene rings is 2. The number of aryl methyl sites for hydroxylation is 2. The van der Waals surface area contributed by atoms with Gasteiger partial charge in [0.2, 0.25) is 9.84 Å². The molecule has 0 radical (unpaired) electrons. The predicted octanol–water partition coefficient (Wildman–Crippen LogP) is 3.19. The van der Waals surface area contributed by atoms with Crippen LogP contribution < -0.4 is 5.32 Å². The average molecular weight is 259 g/mol. The van der Waals surface area contributed by atoms with E-state index in [1.54, 1.807) is 12.1 Å². The minimum Gasteiger partial charge on any atom is -0.353 e. The van der Waals surface area contributed by atoms with Crippen molar-refractivity contribution in [2.75, 3.05) is 5.32 Å². The molecular weight excluding hydrogens is 246 g/mol. The molecule has 0 amide bonds. The molecular formula is C14H13NO2S. The van der Waals surface area contributed by atoms with Gasteiger partial charge in [-0.2, -0.15) is 0 Å². The molecule has 0 aromatic heterocycles. The highest BCUT2D eigenvalue weighted by Gasteiger charge is 2.29. The van der Waals surface area contributed by atoms with E-state index in [-0.39, 0.29) is 0 Å². The normalized spacial score (nSPS) is 15.4. The molecule has 4 heteroatoms. The molecule has 1 heterocycles. The summed E-state index contributed by atoms with van der Waals surface area (Å²) in [5, 5.41) is 3.18. The Morgan fingerprint density at radius 1 is 0.833 bits per heavy atom. The molecule has 3 nitrogen and oxygen atoms in total. The standard InChI is InChI=1S/C14H13NO2S/c1-9-4-6-13-12(7-9)15-11-5-3-10(2)8-14(11)18(13,16)17/h3-8,15H,1-2H3. The third-order valence-electron chi connectivity index (χ3n) is 3.12. The number of hydrogen-bond acceptors (Lipinski definition) is 3. The summed E-state index contributed by atoms with van der Waals surface area (Å²) in [5.41, 5.74) is 3.28. The zero-order chi connectivity index (χ0) is 12.9. The smallest absolute Gasteiger partial charge is 0.210 e. The van der Waals surface area contributed by atoms with Crippen molar-refractivity contribution in [3.05, 3.63) is 47.5 Å². The lowest BCUT2D eigenvalue weighted by atomic mass is 10.2. The van der Waals surface area contributed by atoms with Crippen LogP contribution in [0.15, 0.2) is 46.2 Å². The van der Waals surface area contributed by atoms with Gasteiger partial charge in [-0.1, -0.05) is 12.1 Å². The molecule has 0 spiro atoms. The quantitative estimate of drug-likeness (QED) is 0.674. The fourth-order valence-electron chi connectivity index (χ4n) is 2.19. The topological polar surface area (TPSA) is 46.2 Å². The molecule has 0 atom stereocenters. The number of sulfone groups is 1. The second-order valence-corrected chi connectivity index (χ2v) is 6.51. The SMILES string of the molecule is Cc1ccc2c(c1)Nc1ccc(C)cc1S2(=O)=O. The first-order chi connectivity index (χ1) is 8.48. The summed E-state index contributed by atoms with van der Waals surface area (Å²) in [7, 11) is -3.40. The molecule has 92 valence electrons. The molecule has 2 aromatic carbocycles. The van der Waals surface area contributed by atoms with Gasteiger partial charge < -0.3 is 5.32 Å². The highest BCUT2D eigenvalue weighted by molar-refractivity contribution is 7.92. The van der Waals surface area contributed by atoms with Crippen LogP contribution in [0.25, 0.3) is 0 Å². The van der Waals surface area contributed by atoms with Gasteiger partial charge >= 0.3 is 0 Å². The Labute approximate surface area is 106 Å². The Bertz CT molecular complexity index is 748. The summed E-state index contributed by atoms with van der Waals surface area (Å²) in [6.45, 7) is 3.83. The molecule has 1 aliphatic rings. The molecule has 1 N–H and O–H groups in total. The van der Waals surface area contributed by atoms with Crippen molar-refractivity contribution in [3.63, 3.8) is 0 Å². The van der Waals surface area contributed by atoms with E-state index in [0.29, 0.717) is 21.2 Å². The fourth-order valence-corrected chi connectivity index (χ4v) is 3.83. The van der Waals surface area contributed by atoms with Gasteiger partial charge in [0.1, 0.15) is 0 Å². The number of rotatable bonds is 0. The molecule has 0 saturated heterocycles. The molecule has 18 heavy (non-hydrogen) atoms. The minimum atomic E-state index is -3.40. The van der Waals surface area contributed by atoms with E-state index in [2.05, 4.69) is 5.32 Å². The molecule has 2 aromatic rings. The highest BCUT2D eigenvalue weighted by Crippen LogP contribution is 2.39. The Kier molecular flexibility index (Phi) is 2.25. The summed E-state index contributed by atoms with van der Waals surface area (Å²) >= 11 is 0. The summed E-state index contributed by atoms with van der Waals surface area (Å²) in [4.78, 5) is 0.713. The van der Waals surface area contributed by atoms with Crippen LogP contribution in [0.3, 0.4) is 0 Å². The first-order valence-corrected chi connectivity index (χ1v) is 7.20. The molecule has 0 aliphatic carbocycles. The molecule has 1 aliphatic heterocycles. The Hall–Kier alpha value is -1.81. The summed E-state index contributed by atoms with van der Waals surface area (Å²) in [6, 6.07) is 10.8. The maximum absolute atomic E-state index is 12.5. The van der Waals surface area contributed by atoms with E-state index in [9.17, 15) is 8.42 Å². The van der Waals surface area contributed by atoms with Gasteiger partial charge in [0.05, 0.1) is 21.2 Å². The van der Waals surface area contributed by atoms with Crippen LogP contribution in [-0.4, -0.2) is 8.42 Å². The van der Waals surface area contributed by atoms with Crippen molar-refractivity contribution >= 4 is 21.2 Å². The number of anilines is 2. The van der Waals surface area contributed by atoms with Crippen LogP contribution in [0.4, 0.5) is 11.4 Å². The average Bonchev–Trinajstić information content (AvgIpc) is 2.30. The largest absolute Gasteiger partial charge is 0.353 e. The lowest BCUT2D eigenvalue weighted by Gasteiger charge is -2.22. The maximum Gasteiger partial charge on any atom is 0.210 e. The number of fused-ring (bicyclic) bond motifs is 2. The van der Waals surface area contributed by atoms with Gasteiger partial charge in [-0.3, -0.25) is 0 Å². The van der Waals surface area contributed by atoms with Crippen LogP contribution in [0.5, 0.6) is 0 Å². The van der Waals surface area contributed by atoms with E-state index in [0.717, 1.165) is 11.1 Å². The first kappa shape index (κ1) is 11.3. The summed E-state index contributed by atoms with van der Waals surface area (Å²) < 4.78 is 25.0. The van der Waals surface area contributed by atoms with Crippen LogP contribution in [-0.2, 0) is 9.84 Å². The van der Waals surface area contributed by atoms with Gasteiger partial charge in [-0.15, -0.1) is 0 Å². The van der Waals surface area contributed by atoms with E-state index in [1.807, 2.05) is 38.1 Å². The highest BCUT2D eigenvalue weighted by atomic mass is 32.2. The Morgan fingerprint density at radius 3 is 2.28 bits per heavy atom. The lowest BCUT2D eigenvalue weighted by Crippen LogP contribution is -2.14. The zero-order valence-electron chi connectivity index (χ0n) is 10.2. The zero-order valence-corrected chi connectivity index (χ0v) is 11.0. The maximum atomic E-state index is 12.5. The first-order valence-electron chi connectivity index (χ1n) is 5.72. The molecule has 0 bridgehead atoms. The third-order valence-corrected chi connectivity index (χ3v) is 4.97. The van der Waals surface area contributed by atoms with Crippen molar-refractivity contribution in [2.45, 2.75) is 23.6 Å². The van der Waals surface area contributed by atoms with Gasteiger partial charge in [0, 0.05) is 0 Å². The second kappa shape index (κ2) is 3.59. The summed E-state index contributed by atoms with van der Waals surface area (Å²) in [6.07, 6.45) is 0. The van der Waals surface area contributed by atoms with E-state index in [4.69, 9.17) is 0 Å². The van der Waals surface area contributed by atoms with E-state index in [1.165, 1.54) is 0 Å². The van der Waals surface area contributed by atoms with Gasteiger partial charge in [0.25, 0.3) is 0 Å². The third kappa shape index (κ3) is 1.53. The van der Waals surface area contributed by atoms with Crippen LogP contribution in [0.1, 0.15) is 11.1 Å². The number of hydrogen-bond donors (Lipinski definition) is 1. The van der Waals surface area contributed by atoms with Gasteiger partial charge in [0.15, 0.2) is 0 Å². The van der Waals surface area contributed by atoms with E-state index < -0.39 is 9.84 Å². The van der Waals surface area contributed by atoms with Crippen molar-refractivity contribution in [1.29, 1.82) is 0 Å². The molecule has 0 fully saturated rings. The van der Waals surface area contributed by atoms with Crippen molar-refractivity contribution in [1.82, 2.24) is 0 Å². The monoisotopic (exact) mass is 259 g/mol. The Balaban J connectivity index is 2.33.